The molecule has 1 aromatic heterocycles. The summed E-state index contributed by atoms with van der Waals surface area (Å²) in [5, 5.41) is 0. The maximum Gasteiger partial charge on any atom is 0.356 e. The Kier molecular flexibility index (Phi) is 6.95. The summed E-state index contributed by atoms with van der Waals surface area (Å²) in [6, 6.07) is 16.5. The number of carbonyl (C=O) groups is 2. The Morgan fingerprint density at radius 1 is 0.900 bits per heavy atom. The summed E-state index contributed by atoms with van der Waals surface area (Å²) in [6.45, 7) is 3.82. The van der Waals surface area contributed by atoms with Crippen molar-refractivity contribution in [3.63, 3.8) is 0 Å². The highest BCUT2D eigenvalue weighted by Crippen LogP contribution is 2.32. The molecular formula is C23H22BrNO5. The average molecular weight is 472 g/mol. The number of halogens is 1. The van der Waals surface area contributed by atoms with Crippen LogP contribution in [0.25, 0.3) is 16.9 Å². The second-order valence-electron chi connectivity index (χ2n) is 6.27. The zero-order chi connectivity index (χ0) is 21.7. The van der Waals surface area contributed by atoms with Crippen molar-refractivity contribution in [2.75, 3.05) is 20.3 Å². The van der Waals surface area contributed by atoms with Crippen LogP contribution in [0.4, 0.5) is 0 Å². The van der Waals surface area contributed by atoms with E-state index in [-0.39, 0.29) is 24.5 Å². The lowest BCUT2D eigenvalue weighted by atomic mass is 10.1. The van der Waals surface area contributed by atoms with Gasteiger partial charge < -0.3 is 18.8 Å². The molecule has 6 nitrogen and oxygen atoms in total. The Labute approximate surface area is 183 Å². The Morgan fingerprint density at radius 3 is 2.07 bits per heavy atom. The highest BCUT2D eigenvalue weighted by molar-refractivity contribution is 9.10. The molecule has 0 bridgehead atoms. The van der Waals surface area contributed by atoms with Crippen LogP contribution in [-0.4, -0.2) is 36.8 Å². The highest BCUT2D eigenvalue weighted by atomic mass is 79.9. The first kappa shape index (κ1) is 21.6. The van der Waals surface area contributed by atoms with E-state index in [0.717, 1.165) is 10.0 Å². The maximum atomic E-state index is 12.9. The monoisotopic (exact) mass is 471 g/mol. The van der Waals surface area contributed by atoms with Crippen molar-refractivity contribution >= 4 is 27.9 Å². The third-order valence-electron chi connectivity index (χ3n) is 4.44. The van der Waals surface area contributed by atoms with E-state index in [4.69, 9.17) is 14.2 Å². The van der Waals surface area contributed by atoms with Gasteiger partial charge >= 0.3 is 11.9 Å². The van der Waals surface area contributed by atoms with Gasteiger partial charge in [-0.3, -0.25) is 0 Å². The Bertz CT molecular complexity index is 1040. The molecular weight excluding hydrogens is 450 g/mol. The lowest BCUT2D eigenvalue weighted by molar-refractivity contribution is 0.0473. The summed E-state index contributed by atoms with van der Waals surface area (Å²) in [5.41, 5.74) is 2.46. The van der Waals surface area contributed by atoms with Crippen LogP contribution >= 0.6 is 15.9 Å². The fourth-order valence-corrected chi connectivity index (χ4v) is 3.37. The van der Waals surface area contributed by atoms with E-state index in [9.17, 15) is 9.59 Å². The zero-order valence-corrected chi connectivity index (χ0v) is 18.6. The van der Waals surface area contributed by atoms with Crippen molar-refractivity contribution in [1.29, 1.82) is 0 Å². The minimum atomic E-state index is -0.597. The molecule has 0 fully saturated rings. The van der Waals surface area contributed by atoms with Gasteiger partial charge in [0.15, 0.2) is 0 Å². The van der Waals surface area contributed by atoms with Crippen LogP contribution < -0.4 is 4.74 Å². The molecule has 3 aromatic rings. The van der Waals surface area contributed by atoms with Gasteiger partial charge in [0.25, 0.3) is 0 Å². The van der Waals surface area contributed by atoms with Crippen molar-refractivity contribution in [2.45, 2.75) is 13.8 Å². The summed E-state index contributed by atoms with van der Waals surface area (Å²) >= 11 is 3.44. The fraction of sp³-hybridized carbons (Fsp3) is 0.217. The van der Waals surface area contributed by atoms with E-state index in [0.29, 0.717) is 17.1 Å². The van der Waals surface area contributed by atoms with E-state index in [1.54, 1.807) is 43.7 Å². The van der Waals surface area contributed by atoms with E-state index in [2.05, 4.69) is 15.9 Å². The molecule has 0 atom stereocenters. The quantitative estimate of drug-likeness (QED) is 0.439. The molecule has 7 heteroatoms. The molecule has 0 unspecified atom stereocenters. The normalized spacial score (nSPS) is 10.5. The molecule has 0 radical (unpaired) electrons. The van der Waals surface area contributed by atoms with Crippen molar-refractivity contribution in [1.82, 2.24) is 4.57 Å². The van der Waals surface area contributed by atoms with E-state index >= 15 is 0 Å². The first-order valence-electron chi connectivity index (χ1n) is 9.50. The van der Waals surface area contributed by atoms with Crippen LogP contribution in [0.1, 0.15) is 34.7 Å². The van der Waals surface area contributed by atoms with Gasteiger partial charge in [-0.25, -0.2) is 9.59 Å². The number of methoxy groups -OCH3 is 1. The Balaban J connectivity index is 2.31. The van der Waals surface area contributed by atoms with Crippen LogP contribution in [0.5, 0.6) is 5.75 Å². The van der Waals surface area contributed by atoms with Crippen LogP contribution in [0.2, 0.25) is 0 Å². The summed E-state index contributed by atoms with van der Waals surface area (Å²) in [4.78, 5) is 25.6. The second-order valence-corrected chi connectivity index (χ2v) is 7.19. The van der Waals surface area contributed by atoms with Gasteiger partial charge in [0, 0.05) is 10.2 Å². The van der Waals surface area contributed by atoms with Gasteiger partial charge in [0.1, 0.15) is 11.4 Å². The van der Waals surface area contributed by atoms with E-state index in [1.807, 2.05) is 36.4 Å². The molecule has 3 rings (SSSR count). The molecule has 1 heterocycles. The molecule has 0 spiro atoms. The molecule has 0 saturated carbocycles. The standard InChI is InChI=1S/C23H22BrNO5/c1-4-29-22(26)19-14-20(15-6-8-16(24)9-7-15)25(21(19)23(27)30-5-2)17-10-12-18(28-3)13-11-17/h6-14H,4-5H2,1-3H3. The summed E-state index contributed by atoms with van der Waals surface area (Å²) < 4.78 is 18.4. The molecule has 30 heavy (non-hydrogen) atoms. The van der Waals surface area contributed by atoms with Gasteiger partial charge in [-0.15, -0.1) is 0 Å². The number of rotatable bonds is 7. The van der Waals surface area contributed by atoms with Crippen LogP contribution in [0, 0.1) is 0 Å². The summed E-state index contributed by atoms with van der Waals surface area (Å²) in [6.07, 6.45) is 0. The highest BCUT2D eigenvalue weighted by Gasteiger charge is 2.28. The number of hydrogen-bond acceptors (Lipinski definition) is 5. The van der Waals surface area contributed by atoms with Gasteiger partial charge in [-0.1, -0.05) is 28.1 Å². The number of ether oxygens (including phenoxy) is 3. The molecule has 156 valence electrons. The zero-order valence-electron chi connectivity index (χ0n) is 17.0. The minimum Gasteiger partial charge on any atom is -0.497 e. The summed E-state index contributed by atoms with van der Waals surface area (Å²) in [7, 11) is 1.58. The maximum absolute atomic E-state index is 12.9. The number of carbonyl (C=O) groups excluding carboxylic acids is 2. The molecule has 0 N–H and O–H groups in total. The van der Waals surface area contributed by atoms with Crippen LogP contribution in [0.15, 0.2) is 59.1 Å². The lowest BCUT2D eigenvalue weighted by Gasteiger charge is -2.14. The number of nitrogens with zero attached hydrogens (tertiary/aromatic N) is 1. The van der Waals surface area contributed by atoms with Crippen molar-refractivity contribution < 1.29 is 23.8 Å². The van der Waals surface area contributed by atoms with Crippen LogP contribution in [-0.2, 0) is 9.47 Å². The van der Waals surface area contributed by atoms with Gasteiger partial charge in [0.2, 0.25) is 0 Å². The van der Waals surface area contributed by atoms with Crippen molar-refractivity contribution in [3.8, 4) is 22.7 Å². The third-order valence-corrected chi connectivity index (χ3v) is 4.96. The first-order chi connectivity index (χ1) is 14.5. The Morgan fingerprint density at radius 2 is 1.50 bits per heavy atom. The minimum absolute atomic E-state index is 0.124. The number of benzene rings is 2. The largest absolute Gasteiger partial charge is 0.497 e. The Hall–Kier alpha value is -3.06. The molecule has 0 saturated heterocycles. The SMILES string of the molecule is CCOC(=O)c1cc(-c2ccc(Br)cc2)n(-c2ccc(OC)cc2)c1C(=O)OCC. The molecule has 0 amide bonds. The van der Waals surface area contributed by atoms with E-state index in [1.165, 1.54) is 0 Å². The van der Waals surface area contributed by atoms with Crippen molar-refractivity contribution in [2.24, 2.45) is 0 Å². The predicted molar refractivity (Wildman–Crippen MR) is 117 cm³/mol. The summed E-state index contributed by atoms with van der Waals surface area (Å²) in [5.74, 6) is -0.495. The van der Waals surface area contributed by atoms with Crippen LogP contribution in [0.3, 0.4) is 0 Å². The fourth-order valence-electron chi connectivity index (χ4n) is 3.11. The van der Waals surface area contributed by atoms with Crippen molar-refractivity contribution in [3.05, 3.63) is 70.3 Å². The predicted octanol–water partition coefficient (Wildman–Crippen LogP) is 5.27. The second kappa shape index (κ2) is 9.63. The molecule has 2 aromatic carbocycles. The van der Waals surface area contributed by atoms with E-state index < -0.39 is 11.9 Å². The average Bonchev–Trinajstić information content (AvgIpc) is 3.15. The van der Waals surface area contributed by atoms with Gasteiger partial charge in [0.05, 0.1) is 31.6 Å². The lowest BCUT2D eigenvalue weighted by Crippen LogP contribution is -2.17. The number of esters is 2. The number of aromatic nitrogens is 1. The first-order valence-corrected chi connectivity index (χ1v) is 10.3. The molecule has 0 aliphatic heterocycles. The smallest absolute Gasteiger partial charge is 0.356 e. The van der Waals surface area contributed by atoms with Gasteiger partial charge in [-0.2, -0.15) is 0 Å². The third kappa shape index (κ3) is 4.41. The van der Waals surface area contributed by atoms with Gasteiger partial charge in [-0.05, 0) is 61.9 Å². The molecule has 0 aliphatic carbocycles. The molecule has 0 aliphatic rings. The topological polar surface area (TPSA) is 66.8 Å². The number of hydrogen-bond donors (Lipinski definition) is 0.